The number of halogens is 1. The molecule has 0 radical (unpaired) electrons. The number of fused-ring (bicyclic) bond motifs is 1. The maximum absolute atomic E-state index is 11.0. The van der Waals surface area contributed by atoms with Gasteiger partial charge in [0.2, 0.25) is 5.79 Å². The molecule has 0 amide bonds. The van der Waals surface area contributed by atoms with Crippen LogP contribution in [0.25, 0.3) is 6.08 Å². The van der Waals surface area contributed by atoms with Crippen molar-refractivity contribution in [2.75, 3.05) is 28.3 Å². The summed E-state index contributed by atoms with van der Waals surface area (Å²) in [5.41, 5.74) is 3.75. The SMILES string of the molecule is COC1(O)C=Cc2cccc([N+](C)(C)C)c2C1N=Nc1ccccc1.[Cl-]. The van der Waals surface area contributed by atoms with E-state index in [1.807, 2.05) is 48.5 Å². The molecule has 0 saturated heterocycles. The van der Waals surface area contributed by atoms with Gasteiger partial charge in [-0.1, -0.05) is 36.4 Å². The first-order valence-corrected chi connectivity index (χ1v) is 8.23. The average Bonchev–Trinajstić information content (AvgIpc) is 2.60. The van der Waals surface area contributed by atoms with Gasteiger partial charge < -0.3 is 22.3 Å². The number of rotatable bonds is 4. The highest BCUT2D eigenvalue weighted by Gasteiger charge is 2.43. The predicted octanol–water partition coefficient (Wildman–Crippen LogP) is 1.07. The third kappa shape index (κ3) is 3.86. The van der Waals surface area contributed by atoms with Crippen molar-refractivity contribution in [3.63, 3.8) is 0 Å². The van der Waals surface area contributed by atoms with Crippen LogP contribution >= 0.6 is 0 Å². The molecule has 2 aromatic rings. The third-order valence-corrected chi connectivity index (χ3v) is 4.38. The highest BCUT2D eigenvalue weighted by atomic mass is 35.5. The second-order valence-corrected chi connectivity index (χ2v) is 7.04. The molecule has 2 unspecified atom stereocenters. The van der Waals surface area contributed by atoms with E-state index in [0.29, 0.717) is 4.48 Å². The number of hydrogen-bond acceptors (Lipinski definition) is 4. The van der Waals surface area contributed by atoms with E-state index in [4.69, 9.17) is 4.74 Å². The summed E-state index contributed by atoms with van der Waals surface area (Å²) in [6.07, 6.45) is 3.52. The van der Waals surface area contributed by atoms with E-state index in [2.05, 4.69) is 37.4 Å². The van der Waals surface area contributed by atoms with Crippen LogP contribution in [0.5, 0.6) is 0 Å². The summed E-state index contributed by atoms with van der Waals surface area (Å²) in [5.74, 6) is -1.53. The summed E-state index contributed by atoms with van der Waals surface area (Å²) in [5, 5.41) is 19.8. The lowest BCUT2D eigenvalue weighted by atomic mass is 9.86. The van der Waals surface area contributed by atoms with Gasteiger partial charge in [-0.15, -0.1) is 0 Å². The molecule has 5 nitrogen and oxygen atoms in total. The number of methoxy groups -OCH3 is 1. The number of nitrogens with zero attached hydrogens (tertiary/aromatic N) is 3. The van der Waals surface area contributed by atoms with E-state index < -0.39 is 11.8 Å². The Morgan fingerprint density at radius 3 is 2.35 bits per heavy atom. The van der Waals surface area contributed by atoms with Gasteiger partial charge in [-0.3, -0.25) is 4.48 Å². The summed E-state index contributed by atoms with van der Waals surface area (Å²) in [4.78, 5) is 0. The Labute approximate surface area is 160 Å². The average molecular weight is 374 g/mol. The molecular formula is C20H24ClN3O2. The molecule has 0 heterocycles. The fourth-order valence-corrected chi connectivity index (χ4v) is 3.04. The predicted molar refractivity (Wildman–Crippen MR) is 101 cm³/mol. The lowest BCUT2D eigenvalue weighted by molar-refractivity contribution is -0.163. The molecule has 0 aliphatic heterocycles. The number of benzene rings is 2. The molecule has 138 valence electrons. The molecule has 1 N–H and O–H groups in total. The summed E-state index contributed by atoms with van der Waals surface area (Å²) in [7, 11) is 7.75. The summed E-state index contributed by atoms with van der Waals surface area (Å²) >= 11 is 0. The van der Waals surface area contributed by atoms with Crippen LogP contribution < -0.4 is 16.9 Å². The van der Waals surface area contributed by atoms with Gasteiger partial charge in [-0.2, -0.15) is 10.2 Å². The van der Waals surface area contributed by atoms with Gasteiger partial charge in [-0.05, 0) is 29.8 Å². The first kappa shape index (κ1) is 20.3. The van der Waals surface area contributed by atoms with Crippen molar-refractivity contribution in [2.45, 2.75) is 11.8 Å². The van der Waals surface area contributed by atoms with Crippen LogP contribution in [0.2, 0.25) is 0 Å². The summed E-state index contributed by atoms with van der Waals surface area (Å²) in [6, 6.07) is 14.9. The first-order valence-electron chi connectivity index (χ1n) is 8.23. The minimum absolute atomic E-state index is 0. The van der Waals surface area contributed by atoms with E-state index >= 15 is 0 Å². The maximum atomic E-state index is 11.0. The van der Waals surface area contributed by atoms with Gasteiger partial charge >= 0.3 is 0 Å². The molecule has 0 bridgehead atoms. The number of aliphatic hydroxyl groups is 1. The fraction of sp³-hybridized carbons (Fsp3) is 0.300. The van der Waals surface area contributed by atoms with Crippen LogP contribution in [0.1, 0.15) is 17.2 Å². The molecule has 0 spiro atoms. The Kier molecular flexibility index (Phi) is 5.98. The van der Waals surface area contributed by atoms with E-state index in [1.165, 1.54) is 7.11 Å². The van der Waals surface area contributed by atoms with Crippen molar-refractivity contribution in [2.24, 2.45) is 10.2 Å². The Bertz CT molecular complexity index is 816. The van der Waals surface area contributed by atoms with Crippen molar-refractivity contribution in [3.8, 4) is 0 Å². The fourth-order valence-electron chi connectivity index (χ4n) is 3.04. The number of ether oxygens (including phenoxy) is 1. The van der Waals surface area contributed by atoms with E-state index in [9.17, 15) is 5.11 Å². The smallest absolute Gasteiger partial charge is 0.214 e. The second-order valence-electron chi connectivity index (χ2n) is 7.04. The van der Waals surface area contributed by atoms with E-state index in [1.54, 1.807) is 6.08 Å². The Morgan fingerprint density at radius 1 is 1.04 bits per heavy atom. The molecule has 0 aromatic heterocycles. The molecule has 1 aliphatic carbocycles. The molecule has 0 fully saturated rings. The zero-order valence-electron chi connectivity index (χ0n) is 15.4. The Hall–Kier alpha value is -2.05. The highest BCUT2D eigenvalue weighted by Crippen LogP contribution is 2.44. The van der Waals surface area contributed by atoms with Crippen LogP contribution in [-0.4, -0.2) is 39.1 Å². The highest BCUT2D eigenvalue weighted by molar-refractivity contribution is 5.68. The molecular weight excluding hydrogens is 350 g/mol. The van der Waals surface area contributed by atoms with Crippen LogP contribution in [0.3, 0.4) is 0 Å². The molecule has 26 heavy (non-hydrogen) atoms. The van der Waals surface area contributed by atoms with Gasteiger partial charge in [0.25, 0.3) is 0 Å². The molecule has 1 aliphatic rings. The van der Waals surface area contributed by atoms with Crippen LogP contribution in [0.15, 0.2) is 64.8 Å². The lowest BCUT2D eigenvalue weighted by Gasteiger charge is -2.36. The van der Waals surface area contributed by atoms with E-state index in [0.717, 1.165) is 22.5 Å². The zero-order valence-corrected chi connectivity index (χ0v) is 16.2. The maximum Gasteiger partial charge on any atom is 0.214 e. The minimum atomic E-state index is -1.53. The van der Waals surface area contributed by atoms with Gasteiger partial charge in [0.05, 0.1) is 32.4 Å². The summed E-state index contributed by atoms with van der Waals surface area (Å²) < 4.78 is 6.02. The van der Waals surface area contributed by atoms with Crippen molar-refractivity contribution >= 4 is 17.5 Å². The normalized spacial score (nSPS) is 22.1. The first-order chi connectivity index (χ1) is 11.8. The zero-order chi connectivity index (χ0) is 18.1. The summed E-state index contributed by atoms with van der Waals surface area (Å²) in [6.45, 7) is 0. The second kappa shape index (κ2) is 7.68. The van der Waals surface area contributed by atoms with E-state index in [-0.39, 0.29) is 12.4 Å². The van der Waals surface area contributed by atoms with Gasteiger partial charge in [0, 0.05) is 7.11 Å². The van der Waals surface area contributed by atoms with Gasteiger partial charge in [-0.25, -0.2) is 0 Å². The quantitative estimate of drug-likeness (QED) is 0.495. The minimum Gasteiger partial charge on any atom is -1.00 e. The van der Waals surface area contributed by atoms with Crippen molar-refractivity contribution < 1.29 is 22.3 Å². The van der Waals surface area contributed by atoms with Gasteiger partial charge in [0.1, 0.15) is 5.69 Å². The standard InChI is InChI=1S/C20H24N3O2.ClH/c1-23(2,3)17-12-8-9-15-13-14-20(24,25-4)19(18(15)17)22-21-16-10-6-5-7-11-16;/h5-14,19,24H,1-4H3;1H/q+1;/p-1. The molecule has 2 aromatic carbocycles. The van der Waals surface area contributed by atoms with Crippen LogP contribution in [0.4, 0.5) is 11.4 Å². The number of quaternary nitrogens is 1. The third-order valence-electron chi connectivity index (χ3n) is 4.38. The number of hydrogen-bond donors (Lipinski definition) is 1. The Morgan fingerprint density at radius 2 is 1.73 bits per heavy atom. The van der Waals surface area contributed by atoms with Crippen LogP contribution in [0, 0.1) is 0 Å². The van der Waals surface area contributed by atoms with Crippen molar-refractivity contribution in [3.05, 3.63) is 65.7 Å². The molecule has 0 saturated carbocycles. The van der Waals surface area contributed by atoms with Crippen molar-refractivity contribution in [1.82, 2.24) is 4.48 Å². The Balaban J connectivity index is 0.00000243. The largest absolute Gasteiger partial charge is 1.00 e. The monoisotopic (exact) mass is 373 g/mol. The molecule has 6 heteroatoms. The molecule has 3 rings (SSSR count). The number of azo groups is 1. The lowest BCUT2D eigenvalue weighted by Crippen LogP contribution is -3.00. The topological polar surface area (TPSA) is 54.2 Å². The molecule has 2 atom stereocenters. The van der Waals surface area contributed by atoms with Gasteiger partial charge in [0.15, 0.2) is 6.04 Å². The van der Waals surface area contributed by atoms with Crippen molar-refractivity contribution in [1.29, 1.82) is 0 Å². The van der Waals surface area contributed by atoms with Crippen LogP contribution in [-0.2, 0) is 4.74 Å².